The Hall–Kier alpha value is -2.45. The van der Waals surface area contributed by atoms with Gasteiger partial charge in [-0.15, -0.1) is 13.2 Å². The number of nitrogens with one attached hydrogen (secondary N) is 1. The number of piperazine rings is 1. The molecule has 1 aliphatic heterocycles. The molecule has 8 nitrogen and oxygen atoms in total. The van der Waals surface area contributed by atoms with Gasteiger partial charge in [0.2, 0.25) is 10.0 Å². The van der Waals surface area contributed by atoms with Crippen molar-refractivity contribution >= 4 is 37.7 Å². The molecule has 1 aromatic heterocycles. The highest BCUT2D eigenvalue weighted by atomic mass is 79.9. The minimum atomic E-state index is -4.78. The van der Waals surface area contributed by atoms with Crippen molar-refractivity contribution in [1.29, 1.82) is 0 Å². The minimum Gasteiger partial charge on any atom is -0.404 e. The maximum absolute atomic E-state index is 14.7. The first-order valence-corrected chi connectivity index (χ1v) is 13.0. The summed E-state index contributed by atoms with van der Waals surface area (Å²) in [6.07, 6.45) is -2.80. The van der Waals surface area contributed by atoms with E-state index in [1.54, 1.807) is 0 Å². The van der Waals surface area contributed by atoms with Crippen LogP contribution in [0.2, 0.25) is 0 Å². The van der Waals surface area contributed by atoms with Crippen LogP contribution < -0.4 is 14.4 Å². The molecule has 2 aliphatic rings. The number of amides is 1. The molecule has 0 radical (unpaired) electrons. The van der Waals surface area contributed by atoms with Crippen molar-refractivity contribution in [2.75, 3.05) is 31.1 Å². The molecule has 1 N–H and O–H groups in total. The predicted octanol–water partition coefficient (Wildman–Crippen LogP) is 3.43. The van der Waals surface area contributed by atoms with E-state index in [4.69, 9.17) is 0 Å². The Labute approximate surface area is 207 Å². The molecule has 190 valence electrons. The van der Waals surface area contributed by atoms with Gasteiger partial charge in [-0.05, 0) is 42.7 Å². The molecule has 2 heterocycles. The molecule has 0 atom stereocenters. The number of rotatable bonds is 7. The van der Waals surface area contributed by atoms with Crippen molar-refractivity contribution in [2.45, 2.75) is 31.0 Å². The zero-order valence-electron chi connectivity index (χ0n) is 18.2. The van der Waals surface area contributed by atoms with Crippen LogP contribution in [0.25, 0.3) is 0 Å². The maximum atomic E-state index is 14.7. The molecule has 35 heavy (non-hydrogen) atoms. The number of alkyl halides is 3. The lowest BCUT2D eigenvalue weighted by molar-refractivity contribution is -0.274. The number of hydrogen-bond acceptors (Lipinski definition) is 7. The van der Waals surface area contributed by atoms with Crippen molar-refractivity contribution in [1.82, 2.24) is 14.6 Å². The number of sulfonamides is 1. The van der Waals surface area contributed by atoms with Crippen LogP contribution in [0.15, 0.2) is 34.9 Å². The number of hydrogen-bond donors (Lipinski definition) is 1. The average Bonchev–Trinajstić information content (AvgIpc) is 3.62. The van der Waals surface area contributed by atoms with E-state index in [1.807, 2.05) is 9.62 Å². The Morgan fingerprint density at radius 1 is 1.17 bits per heavy atom. The van der Waals surface area contributed by atoms with E-state index in [9.17, 15) is 30.8 Å². The Kier molecular flexibility index (Phi) is 7.25. The Morgan fingerprint density at radius 2 is 1.86 bits per heavy atom. The highest BCUT2D eigenvalue weighted by Crippen LogP contribution is 2.29. The van der Waals surface area contributed by atoms with E-state index in [0.29, 0.717) is 61.4 Å². The van der Waals surface area contributed by atoms with Gasteiger partial charge in [-0.2, -0.15) is 0 Å². The van der Waals surface area contributed by atoms with Crippen LogP contribution in [0.3, 0.4) is 0 Å². The third-order valence-corrected chi connectivity index (χ3v) is 8.18. The van der Waals surface area contributed by atoms with E-state index in [2.05, 4.69) is 30.6 Å². The fourth-order valence-corrected chi connectivity index (χ4v) is 5.42. The number of carbonyl (C=O) groups is 1. The Bertz CT molecular complexity index is 1200. The molecule has 1 saturated carbocycles. The van der Waals surface area contributed by atoms with Gasteiger partial charge in [-0.1, -0.05) is 15.9 Å². The van der Waals surface area contributed by atoms with Crippen molar-refractivity contribution in [2.24, 2.45) is 0 Å². The third-order valence-electron chi connectivity index (χ3n) is 5.62. The second-order valence-electron chi connectivity index (χ2n) is 8.26. The molecule has 1 amide bonds. The number of ether oxygens (including phenoxy) is 1. The third kappa shape index (κ3) is 6.61. The summed E-state index contributed by atoms with van der Waals surface area (Å²) in [6, 6.07) is 5.13. The van der Waals surface area contributed by atoms with Crippen molar-refractivity contribution < 1.29 is 35.5 Å². The SMILES string of the molecule is O=C(NS(=O)(=O)C1CC1)c1cc(Br)c(CN2CCN(c3ccc(OC(F)(F)F)cn3)CC2)cc1F. The Morgan fingerprint density at radius 3 is 2.43 bits per heavy atom. The second-order valence-corrected chi connectivity index (χ2v) is 11.1. The number of nitrogens with zero attached hydrogens (tertiary/aromatic N) is 3. The van der Waals surface area contributed by atoms with Crippen molar-refractivity contribution in [3.8, 4) is 5.75 Å². The van der Waals surface area contributed by atoms with E-state index in [1.165, 1.54) is 24.3 Å². The van der Waals surface area contributed by atoms with Crippen LogP contribution >= 0.6 is 15.9 Å². The van der Waals surface area contributed by atoms with Gasteiger partial charge in [0, 0.05) is 37.2 Å². The van der Waals surface area contributed by atoms with Crippen LogP contribution in [0.4, 0.5) is 23.4 Å². The number of benzene rings is 1. The summed E-state index contributed by atoms with van der Waals surface area (Å²) in [5, 5.41) is -0.600. The number of aromatic nitrogens is 1. The highest BCUT2D eigenvalue weighted by molar-refractivity contribution is 9.10. The lowest BCUT2D eigenvalue weighted by atomic mass is 10.1. The van der Waals surface area contributed by atoms with Crippen LogP contribution in [0, 0.1) is 5.82 Å². The quantitative estimate of drug-likeness (QED) is 0.502. The van der Waals surface area contributed by atoms with Crippen LogP contribution in [-0.4, -0.2) is 62.0 Å². The Balaban J connectivity index is 1.34. The van der Waals surface area contributed by atoms with Crippen molar-refractivity contribution in [3.05, 3.63) is 51.9 Å². The molecule has 1 aromatic carbocycles. The van der Waals surface area contributed by atoms with Crippen LogP contribution in [0.5, 0.6) is 5.75 Å². The second kappa shape index (κ2) is 9.90. The lowest BCUT2D eigenvalue weighted by Gasteiger charge is -2.35. The zero-order valence-corrected chi connectivity index (χ0v) is 20.6. The fraction of sp³-hybridized carbons (Fsp3) is 0.429. The van der Waals surface area contributed by atoms with Gasteiger partial charge in [0.05, 0.1) is 17.0 Å². The largest absolute Gasteiger partial charge is 0.573 e. The van der Waals surface area contributed by atoms with Gasteiger partial charge in [0.15, 0.2) is 0 Å². The smallest absolute Gasteiger partial charge is 0.404 e. The normalized spacial score (nSPS) is 17.3. The molecule has 2 aromatic rings. The van der Waals surface area contributed by atoms with Gasteiger partial charge in [0.25, 0.3) is 5.91 Å². The summed E-state index contributed by atoms with van der Waals surface area (Å²) < 4.78 is 81.7. The zero-order chi connectivity index (χ0) is 25.4. The molecule has 14 heteroatoms. The van der Waals surface area contributed by atoms with Crippen LogP contribution in [0.1, 0.15) is 28.8 Å². The fourth-order valence-electron chi connectivity index (χ4n) is 3.66. The standard InChI is InChI=1S/C21H21BrF4N4O4S/c22-17-10-16(20(31)28-35(32,33)15-2-3-15)18(23)9-13(17)12-29-5-7-30(8-6-29)19-4-1-14(11-27-19)34-21(24,25)26/h1,4,9-11,15H,2-3,5-8,12H2,(H,28,31). The molecule has 0 bridgehead atoms. The van der Waals surface area contributed by atoms with Gasteiger partial charge in [-0.3, -0.25) is 9.69 Å². The molecule has 1 aliphatic carbocycles. The molecule has 0 unspecified atom stereocenters. The highest BCUT2D eigenvalue weighted by Gasteiger charge is 2.37. The number of halogens is 5. The summed E-state index contributed by atoms with van der Waals surface area (Å²) >= 11 is 3.34. The molecule has 0 spiro atoms. The monoisotopic (exact) mass is 580 g/mol. The first-order valence-electron chi connectivity index (χ1n) is 10.6. The van der Waals surface area contributed by atoms with Gasteiger partial charge >= 0.3 is 6.36 Å². The molecule has 4 rings (SSSR count). The van der Waals surface area contributed by atoms with Crippen molar-refractivity contribution in [3.63, 3.8) is 0 Å². The summed E-state index contributed by atoms with van der Waals surface area (Å²) in [7, 11) is -3.79. The molecule has 1 saturated heterocycles. The summed E-state index contributed by atoms with van der Waals surface area (Å²) in [6.45, 7) is 2.63. The van der Waals surface area contributed by atoms with Gasteiger partial charge < -0.3 is 9.64 Å². The van der Waals surface area contributed by atoms with E-state index < -0.39 is 39.1 Å². The summed E-state index contributed by atoms with van der Waals surface area (Å²) in [5.74, 6) is -1.71. The molecular formula is C21H21BrF4N4O4S. The minimum absolute atomic E-state index is 0.362. The van der Waals surface area contributed by atoms with E-state index >= 15 is 0 Å². The summed E-state index contributed by atoms with van der Waals surface area (Å²) in [4.78, 5) is 20.3. The van der Waals surface area contributed by atoms with Gasteiger partial charge in [-0.25, -0.2) is 22.5 Å². The first kappa shape index (κ1) is 25.6. The van der Waals surface area contributed by atoms with Gasteiger partial charge in [0.1, 0.15) is 17.4 Å². The lowest BCUT2D eigenvalue weighted by Crippen LogP contribution is -2.46. The maximum Gasteiger partial charge on any atom is 0.573 e. The van der Waals surface area contributed by atoms with Crippen LogP contribution in [-0.2, 0) is 16.6 Å². The van der Waals surface area contributed by atoms with E-state index in [-0.39, 0.29) is 5.56 Å². The molecular weight excluding hydrogens is 560 g/mol. The number of pyridine rings is 1. The average molecular weight is 581 g/mol. The number of anilines is 1. The van der Waals surface area contributed by atoms with E-state index in [0.717, 1.165) is 6.20 Å². The molecule has 2 fully saturated rings. The number of carbonyl (C=O) groups excluding carboxylic acids is 1. The topological polar surface area (TPSA) is 91.8 Å². The summed E-state index contributed by atoms with van der Waals surface area (Å²) in [5.41, 5.74) is 0.225. The first-order chi connectivity index (χ1) is 16.4. The predicted molar refractivity (Wildman–Crippen MR) is 122 cm³/mol.